The molecule has 5 heteroatoms. The van der Waals surface area contributed by atoms with E-state index in [9.17, 15) is 10.1 Å². The van der Waals surface area contributed by atoms with E-state index in [1.807, 2.05) is 11.8 Å². The first-order valence-electron chi connectivity index (χ1n) is 3.84. The van der Waals surface area contributed by atoms with Crippen molar-refractivity contribution in [3.63, 3.8) is 0 Å². The molecular formula is C7H11N3O2. The van der Waals surface area contributed by atoms with E-state index in [4.69, 9.17) is 0 Å². The van der Waals surface area contributed by atoms with E-state index in [1.165, 1.54) is 12.4 Å². The van der Waals surface area contributed by atoms with Crippen LogP contribution in [0.2, 0.25) is 0 Å². The number of nitro groups is 1. The van der Waals surface area contributed by atoms with Crippen molar-refractivity contribution in [2.24, 2.45) is 4.99 Å². The van der Waals surface area contributed by atoms with E-state index < -0.39 is 4.92 Å². The molecule has 0 bridgehead atoms. The largest absolute Gasteiger partial charge is 0.370 e. The molecule has 1 rings (SSSR count). The van der Waals surface area contributed by atoms with Crippen LogP contribution in [0.1, 0.15) is 6.92 Å². The van der Waals surface area contributed by atoms with Crippen LogP contribution in [0.15, 0.2) is 16.9 Å². The zero-order valence-electron chi connectivity index (χ0n) is 6.93. The van der Waals surface area contributed by atoms with Crippen molar-refractivity contribution < 1.29 is 4.92 Å². The maximum absolute atomic E-state index is 10.4. The van der Waals surface area contributed by atoms with Gasteiger partial charge in [0, 0.05) is 13.1 Å². The molecule has 1 heterocycles. The topological polar surface area (TPSA) is 58.7 Å². The van der Waals surface area contributed by atoms with E-state index >= 15 is 0 Å². The molecule has 66 valence electrons. The Bertz CT molecular complexity index is 235. The monoisotopic (exact) mass is 169 g/mol. The first-order chi connectivity index (χ1) is 5.74. The summed E-state index contributed by atoms with van der Waals surface area (Å²) in [5, 5.41) is 10.4. The highest BCUT2D eigenvalue weighted by Crippen LogP contribution is 2.00. The first kappa shape index (κ1) is 8.70. The zero-order chi connectivity index (χ0) is 8.97. The normalized spacial score (nSPS) is 17.1. The fraction of sp³-hybridized carbons (Fsp3) is 0.571. The SMILES string of the molecule is CCN1C=C([N+](=O)[O-])C=NCC1. The van der Waals surface area contributed by atoms with Crippen molar-refractivity contribution in [2.45, 2.75) is 6.92 Å². The third kappa shape index (κ3) is 2.05. The Balaban J connectivity index is 2.77. The van der Waals surface area contributed by atoms with Gasteiger partial charge < -0.3 is 4.90 Å². The van der Waals surface area contributed by atoms with Gasteiger partial charge in [-0.15, -0.1) is 0 Å². The number of nitrogens with zero attached hydrogens (tertiary/aromatic N) is 3. The van der Waals surface area contributed by atoms with E-state index in [0.29, 0.717) is 6.54 Å². The Hall–Kier alpha value is -1.39. The summed E-state index contributed by atoms with van der Waals surface area (Å²) in [6.07, 6.45) is 2.85. The third-order valence-electron chi connectivity index (χ3n) is 1.67. The molecule has 0 atom stereocenters. The molecule has 0 aromatic carbocycles. The van der Waals surface area contributed by atoms with E-state index in [2.05, 4.69) is 4.99 Å². The van der Waals surface area contributed by atoms with E-state index in [0.717, 1.165) is 13.1 Å². The minimum atomic E-state index is -0.419. The van der Waals surface area contributed by atoms with Crippen molar-refractivity contribution in [2.75, 3.05) is 19.6 Å². The van der Waals surface area contributed by atoms with Gasteiger partial charge in [0.15, 0.2) is 0 Å². The lowest BCUT2D eigenvalue weighted by molar-refractivity contribution is -0.415. The predicted octanol–water partition coefficient (Wildman–Crippen LogP) is 0.511. The summed E-state index contributed by atoms with van der Waals surface area (Å²) in [6, 6.07) is 0. The lowest BCUT2D eigenvalue weighted by Crippen LogP contribution is -2.20. The van der Waals surface area contributed by atoms with Gasteiger partial charge in [0.1, 0.15) is 6.21 Å². The molecule has 12 heavy (non-hydrogen) atoms. The van der Waals surface area contributed by atoms with Gasteiger partial charge in [-0.3, -0.25) is 15.1 Å². The summed E-state index contributed by atoms with van der Waals surface area (Å²) in [5.41, 5.74) is 0.0642. The van der Waals surface area contributed by atoms with Crippen molar-refractivity contribution >= 4 is 6.21 Å². The Morgan fingerprint density at radius 2 is 2.58 bits per heavy atom. The van der Waals surface area contributed by atoms with E-state index in [1.54, 1.807) is 0 Å². The third-order valence-corrected chi connectivity index (χ3v) is 1.67. The van der Waals surface area contributed by atoms with Crippen molar-refractivity contribution in [3.8, 4) is 0 Å². The zero-order valence-corrected chi connectivity index (χ0v) is 6.93. The molecule has 0 aromatic rings. The highest BCUT2D eigenvalue weighted by atomic mass is 16.6. The van der Waals surface area contributed by atoms with Crippen molar-refractivity contribution in [1.29, 1.82) is 0 Å². The number of rotatable bonds is 2. The molecule has 0 saturated heterocycles. The highest BCUT2D eigenvalue weighted by molar-refractivity contribution is 5.75. The van der Waals surface area contributed by atoms with Crippen LogP contribution in [0.5, 0.6) is 0 Å². The molecule has 0 aromatic heterocycles. The van der Waals surface area contributed by atoms with Gasteiger partial charge in [-0.2, -0.15) is 0 Å². The minimum Gasteiger partial charge on any atom is -0.370 e. The molecule has 5 nitrogen and oxygen atoms in total. The number of hydrogen-bond donors (Lipinski definition) is 0. The van der Waals surface area contributed by atoms with Gasteiger partial charge in [0.05, 0.1) is 17.7 Å². The smallest absolute Gasteiger partial charge is 0.302 e. The molecule has 0 fully saturated rings. The van der Waals surface area contributed by atoms with Crippen LogP contribution in [0, 0.1) is 10.1 Å². The van der Waals surface area contributed by atoms with Gasteiger partial charge in [-0.1, -0.05) is 0 Å². The van der Waals surface area contributed by atoms with Crippen LogP contribution in [0.3, 0.4) is 0 Å². The Kier molecular flexibility index (Phi) is 2.79. The molecule has 1 aliphatic heterocycles. The quantitative estimate of drug-likeness (QED) is 0.447. The van der Waals surface area contributed by atoms with Crippen LogP contribution >= 0.6 is 0 Å². The van der Waals surface area contributed by atoms with Gasteiger partial charge in [0.2, 0.25) is 0 Å². The fourth-order valence-corrected chi connectivity index (χ4v) is 0.973. The average Bonchev–Trinajstić information content (AvgIpc) is 2.28. The molecule has 1 aliphatic rings. The first-order valence-corrected chi connectivity index (χ1v) is 3.84. The van der Waals surface area contributed by atoms with Crippen molar-refractivity contribution in [3.05, 3.63) is 22.0 Å². The van der Waals surface area contributed by atoms with Gasteiger partial charge in [-0.25, -0.2) is 0 Å². The highest BCUT2D eigenvalue weighted by Gasteiger charge is 2.11. The van der Waals surface area contributed by atoms with E-state index in [-0.39, 0.29) is 5.70 Å². The maximum atomic E-state index is 10.4. The molecule has 0 amide bonds. The standard InChI is InChI=1S/C7H11N3O2/c1-2-9-4-3-8-5-7(6-9)10(11)12/h5-6H,2-4H2,1H3. The summed E-state index contributed by atoms with van der Waals surface area (Å²) in [6.45, 7) is 4.12. The Labute approximate surface area is 70.5 Å². The number of aliphatic imine (C=N–C) groups is 1. The van der Waals surface area contributed by atoms with Crippen LogP contribution < -0.4 is 0 Å². The second-order valence-electron chi connectivity index (χ2n) is 2.47. The summed E-state index contributed by atoms with van der Waals surface area (Å²) >= 11 is 0. The second-order valence-corrected chi connectivity index (χ2v) is 2.47. The van der Waals surface area contributed by atoms with Crippen LogP contribution in [0.25, 0.3) is 0 Å². The number of likely N-dealkylation sites (N-methyl/N-ethyl adjacent to an activating group) is 1. The summed E-state index contributed by atoms with van der Waals surface area (Å²) in [4.78, 5) is 15.7. The summed E-state index contributed by atoms with van der Waals surface area (Å²) in [7, 11) is 0. The van der Waals surface area contributed by atoms with Gasteiger partial charge in [0.25, 0.3) is 0 Å². The summed E-state index contributed by atoms with van der Waals surface area (Å²) < 4.78 is 0. The van der Waals surface area contributed by atoms with Crippen LogP contribution in [0.4, 0.5) is 0 Å². The van der Waals surface area contributed by atoms with Crippen molar-refractivity contribution in [1.82, 2.24) is 4.90 Å². The molecular weight excluding hydrogens is 158 g/mol. The lowest BCUT2D eigenvalue weighted by atomic mass is 10.5. The summed E-state index contributed by atoms with van der Waals surface area (Å²) in [5.74, 6) is 0. The molecule has 0 radical (unpaired) electrons. The number of allylic oxidation sites excluding steroid dienone is 1. The molecule has 0 aliphatic carbocycles. The van der Waals surface area contributed by atoms with Crippen LogP contribution in [-0.2, 0) is 0 Å². The maximum Gasteiger partial charge on any atom is 0.302 e. The fourth-order valence-electron chi connectivity index (χ4n) is 0.973. The number of hydrogen-bond acceptors (Lipinski definition) is 4. The average molecular weight is 169 g/mol. The molecule has 0 saturated carbocycles. The Morgan fingerprint density at radius 1 is 1.83 bits per heavy atom. The van der Waals surface area contributed by atoms with Gasteiger partial charge >= 0.3 is 5.70 Å². The van der Waals surface area contributed by atoms with Gasteiger partial charge in [-0.05, 0) is 6.92 Å². The minimum absolute atomic E-state index is 0.0642. The van der Waals surface area contributed by atoms with Crippen LogP contribution in [-0.4, -0.2) is 35.7 Å². The molecule has 0 unspecified atom stereocenters. The predicted molar refractivity (Wildman–Crippen MR) is 45.7 cm³/mol. The molecule has 0 N–H and O–H groups in total. The Morgan fingerprint density at radius 3 is 3.17 bits per heavy atom. The lowest BCUT2D eigenvalue weighted by Gasteiger charge is -2.13. The molecule has 0 spiro atoms. The second kappa shape index (κ2) is 3.85.